The van der Waals surface area contributed by atoms with E-state index in [1.165, 1.54) is 41.4 Å². The van der Waals surface area contributed by atoms with Crippen LogP contribution in [0.25, 0.3) is 0 Å². The second kappa shape index (κ2) is 7.44. The third kappa shape index (κ3) is 4.05. The number of aryl methyl sites for hydroxylation is 1. The molecule has 0 bridgehead atoms. The Balaban J connectivity index is 1.40. The van der Waals surface area contributed by atoms with Gasteiger partial charge in [0, 0.05) is 41.0 Å². The fourth-order valence-electron chi connectivity index (χ4n) is 4.03. The lowest BCUT2D eigenvalue weighted by atomic mass is 9.78. The first-order valence-electron chi connectivity index (χ1n) is 9.23. The molecule has 2 aliphatic rings. The Morgan fingerprint density at radius 1 is 1.20 bits per heavy atom. The van der Waals surface area contributed by atoms with Gasteiger partial charge in [0.1, 0.15) is 0 Å². The zero-order valence-electron chi connectivity index (χ0n) is 15.0. The number of ether oxygens (including phenoxy) is 1. The highest BCUT2D eigenvalue weighted by atomic mass is 32.1. The van der Waals surface area contributed by atoms with Gasteiger partial charge >= 0.3 is 0 Å². The van der Waals surface area contributed by atoms with Gasteiger partial charge in [0.15, 0.2) is 0 Å². The highest BCUT2D eigenvalue weighted by Gasteiger charge is 2.38. The average molecular weight is 358 g/mol. The van der Waals surface area contributed by atoms with E-state index in [1.54, 1.807) is 0 Å². The summed E-state index contributed by atoms with van der Waals surface area (Å²) in [6, 6.07) is 8.71. The highest BCUT2D eigenvalue weighted by molar-refractivity contribution is 7.11. The Morgan fingerprint density at radius 3 is 2.80 bits per heavy atom. The minimum Gasteiger partial charge on any atom is -0.379 e. The monoisotopic (exact) mass is 357 g/mol. The SMILES string of the molecule is Cc1ccc(CN2CCC3(CC2)COCCN(c2cccnc2)C3)s1. The number of rotatable bonds is 3. The third-order valence-corrected chi connectivity index (χ3v) is 6.53. The van der Waals surface area contributed by atoms with Gasteiger partial charge in [0.2, 0.25) is 0 Å². The molecule has 2 aliphatic heterocycles. The lowest BCUT2D eigenvalue weighted by Gasteiger charge is -2.43. The number of piperidine rings is 1. The Bertz CT molecular complexity index is 679. The smallest absolute Gasteiger partial charge is 0.0641 e. The molecule has 0 atom stereocenters. The van der Waals surface area contributed by atoms with Crippen molar-refractivity contribution < 1.29 is 4.74 Å². The quantitative estimate of drug-likeness (QED) is 0.840. The van der Waals surface area contributed by atoms with E-state index in [-0.39, 0.29) is 5.41 Å². The summed E-state index contributed by atoms with van der Waals surface area (Å²) in [6.45, 7) is 9.39. The molecule has 0 aromatic carbocycles. The highest BCUT2D eigenvalue weighted by Crippen LogP contribution is 2.36. The molecule has 0 N–H and O–H groups in total. The molecular weight excluding hydrogens is 330 g/mol. The molecular formula is C20H27N3OS. The standard InChI is InChI=1S/C20H27N3OS/c1-17-4-5-19(25-17)14-22-9-6-20(7-10-22)15-23(11-12-24-16-20)18-3-2-8-21-13-18/h2-5,8,13H,6-7,9-12,14-16H2,1H3. The Labute approximate surface area is 154 Å². The fourth-order valence-corrected chi connectivity index (χ4v) is 4.97. The summed E-state index contributed by atoms with van der Waals surface area (Å²) in [5.74, 6) is 0. The van der Waals surface area contributed by atoms with Crippen LogP contribution in [0.5, 0.6) is 0 Å². The van der Waals surface area contributed by atoms with Gasteiger partial charge in [-0.1, -0.05) is 0 Å². The minimum absolute atomic E-state index is 0.286. The van der Waals surface area contributed by atoms with Crippen LogP contribution in [0.15, 0.2) is 36.7 Å². The molecule has 25 heavy (non-hydrogen) atoms. The zero-order chi connectivity index (χ0) is 17.1. The number of anilines is 1. The Hall–Kier alpha value is -1.43. The number of likely N-dealkylation sites (tertiary alicyclic amines) is 1. The second-order valence-corrected chi connectivity index (χ2v) is 8.85. The van der Waals surface area contributed by atoms with Crippen LogP contribution < -0.4 is 4.90 Å². The van der Waals surface area contributed by atoms with E-state index in [0.29, 0.717) is 0 Å². The van der Waals surface area contributed by atoms with Crippen LogP contribution >= 0.6 is 11.3 Å². The molecule has 0 aliphatic carbocycles. The third-order valence-electron chi connectivity index (χ3n) is 5.54. The van der Waals surface area contributed by atoms with Crippen LogP contribution in [0.2, 0.25) is 0 Å². The van der Waals surface area contributed by atoms with Gasteiger partial charge in [-0.3, -0.25) is 9.88 Å². The first-order chi connectivity index (χ1) is 12.2. The summed E-state index contributed by atoms with van der Waals surface area (Å²) in [7, 11) is 0. The van der Waals surface area contributed by atoms with Crippen molar-refractivity contribution in [2.75, 3.05) is 44.3 Å². The number of hydrogen-bond donors (Lipinski definition) is 0. The second-order valence-electron chi connectivity index (χ2n) is 7.47. The molecule has 2 saturated heterocycles. The van der Waals surface area contributed by atoms with E-state index in [9.17, 15) is 0 Å². The van der Waals surface area contributed by atoms with Crippen LogP contribution in [0.3, 0.4) is 0 Å². The van der Waals surface area contributed by atoms with Gasteiger partial charge in [0.25, 0.3) is 0 Å². The van der Waals surface area contributed by atoms with E-state index in [0.717, 1.165) is 32.8 Å². The average Bonchev–Trinajstić information content (AvgIpc) is 2.94. The summed E-state index contributed by atoms with van der Waals surface area (Å²) in [4.78, 5) is 12.3. The minimum atomic E-state index is 0.286. The first-order valence-corrected chi connectivity index (χ1v) is 10.0. The maximum absolute atomic E-state index is 6.02. The fraction of sp³-hybridized carbons (Fsp3) is 0.550. The number of pyridine rings is 1. The van der Waals surface area contributed by atoms with Crippen molar-refractivity contribution in [3.05, 3.63) is 46.4 Å². The molecule has 4 rings (SSSR count). The molecule has 0 unspecified atom stereocenters. The summed E-state index contributed by atoms with van der Waals surface area (Å²) < 4.78 is 6.02. The molecule has 5 heteroatoms. The van der Waals surface area contributed by atoms with Crippen molar-refractivity contribution in [3.63, 3.8) is 0 Å². The molecule has 2 aromatic rings. The summed E-state index contributed by atoms with van der Waals surface area (Å²) >= 11 is 1.93. The maximum Gasteiger partial charge on any atom is 0.0641 e. The van der Waals surface area contributed by atoms with Crippen LogP contribution in [0, 0.1) is 12.3 Å². The van der Waals surface area contributed by atoms with E-state index in [1.807, 2.05) is 29.8 Å². The van der Waals surface area contributed by atoms with Gasteiger partial charge in [-0.25, -0.2) is 0 Å². The molecule has 134 valence electrons. The predicted octanol–water partition coefficient (Wildman–Crippen LogP) is 3.57. The molecule has 0 saturated carbocycles. The lowest BCUT2D eigenvalue weighted by Crippen LogP contribution is -2.47. The van der Waals surface area contributed by atoms with Gasteiger partial charge in [-0.05, 0) is 57.1 Å². The van der Waals surface area contributed by atoms with E-state index in [4.69, 9.17) is 4.74 Å². The van der Waals surface area contributed by atoms with Gasteiger partial charge in [0.05, 0.1) is 25.1 Å². The van der Waals surface area contributed by atoms with Gasteiger partial charge in [-0.2, -0.15) is 0 Å². The molecule has 4 heterocycles. The Kier molecular flexibility index (Phi) is 5.06. The van der Waals surface area contributed by atoms with Gasteiger partial charge in [-0.15, -0.1) is 11.3 Å². The lowest BCUT2D eigenvalue weighted by molar-refractivity contribution is 0.0203. The first kappa shape index (κ1) is 17.0. The molecule has 2 aromatic heterocycles. The van der Waals surface area contributed by atoms with Crippen molar-refractivity contribution >= 4 is 17.0 Å². The van der Waals surface area contributed by atoms with Gasteiger partial charge < -0.3 is 9.64 Å². The molecule has 2 fully saturated rings. The van der Waals surface area contributed by atoms with E-state index in [2.05, 4.69) is 39.9 Å². The maximum atomic E-state index is 6.02. The summed E-state index contributed by atoms with van der Waals surface area (Å²) in [5.41, 5.74) is 1.51. The van der Waals surface area contributed by atoms with Crippen LogP contribution in [-0.4, -0.2) is 49.3 Å². The topological polar surface area (TPSA) is 28.6 Å². The van der Waals surface area contributed by atoms with E-state index >= 15 is 0 Å². The van der Waals surface area contributed by atoms with E-state index < -0.39 is 0 Å². The molecule has 0 amide bonds. The van der Waals surface area contributed by atoms with Crippen molar-refractivity contribution in [1.82, 2.24) is 9.88 Å². The predicted molar refractivity (Wildman–Crippen MR) is 103 cm³/mol. The molecule has 0 radical (unpaired) electrons. The van der Waals surface area contributed by atoms with Crippen molar-refractivity contribution in [1.29, 1.82) is 0 Å². The Morgan fingerprint density at radius 2 is 2.08 bits per heavy atom. The summed E-state index contributed by atoms with van der Waals surface area (Å²) in [6.07, 6.45) is 6.26. The molecule has 1 spiro atoms. The summed E-state index contributed by atoms with van der Waals surface area (Å²) in [5, 5.41) is 0. The number of thiophene rings is 1. The van der Waals surface area contributed by atoms with Crippen LogP contribution in [0.4, 0.5) is 5.69 Å². The number of nitrogens with zero attached hydrogens (tertiary/aromatic N) is 3. The van der Waals surface area contributed by atoms with Crippen molar-refractivity contribution in [2.45, 2.75) is 26.3 Å². The van der Waals surface area contributed by atoms with Crippen molar-refractivity contribution in [3.8, 4) is 0 Å². The molecule has 4 nitrogen and oxygen atoms in total. The zero-order valence-corrected chi connectivity index (χ0v) is 15.8. The largest absolute Gasteiger partial charge is 0.379 e. The number of aromatic nitrogens is 1. The normalized spacial score (nSPS) is 21.4. The van der Waals surface area contributed by atoms with Crippen molar-refractivity contribution in [2.24, 2.45) is 5.41 Å². The van der Waals surface area contributed by atoms with Crippen LogP contribution in [-0.2, 0) is 11.3 Å². The van der Waals surface area contributed by atoms with Crippen LogP contribution in [0.1, 0.15) is 22.6 Å². The number of hydrogen-bond acceptors (Lipinski definition) is 5.